The number of ether oxygens (including phenoxy) is 2. The Morgan fingerprint density at radius 1 is 1.15 bits per heavy atom. The van der Waals surface area contributed by atoms with Crippen molar-refractivity contribution >= 4 is 45.9 Å². The van der Waals surface area contributed by atoms with Gasteiger partial charge in [-0.1, -0.05) is 0 Å². The van der Waals surface area contributed by atoms with Gasteiger partial charge >= 0.3 is 6.03 Å². The van der Waals surface area contributed by atoms with Gasteiger partial charge in [0.2, 0.25) is 0 Å². The Bertz CT molecular complexity index is 839. The number of urea groups is 1. The van der Waals surface area contributed by atoms with Gasteiger partial charge in [0, 0.05) is 28.0 Å². The van der Waals surface area contributed by atoms with Crippen molar-refractivity contribution in [2.45, 2.75) is 0 Å². The van der Waals surface area contributed by atoms with Gasteiger partial charge in [0.25, 0.3) is 5.91 Å². The summed E-state index contributed by atoms with van der Waals surface area (Å²) in [6, 6.07) is 10.4. The first-order valence-electron chi connectivity index (χ1n) is 7.92. The summed E-state index contributed by atoms with van der Waals surface area (Å²) in [4.78, 5) is 26.0. The van der Waals surface area contributed by atoms with Crippen molar-refractivity contribution < 1.29 is 19.1 Å². The number of amides is 3. The van der Waals surface area contributed by atoms with E-state index in [1.54, 1.807) is 48.4 Å². The van der Waals surface area contributed by atoms with Crippen LogP contribution in [0.25, 0.3) is 0 Å². The largest absolute Gasteiger partial charge is 0.493 e. The summed E-state index contributed by atoms with van der Waals surface area (Å²) < 4.78 is 11.3. The van der Waals surface area contributed by atoms with E-state index in [1.807, 2.05) is 0 Å². The summed E-state index contributed by atoms with van der Waals surface area (Å²) in [5.74, 6) is 0.817. The van der Waals surface area contributed by atoms with Gasteiger partial charge in [-0.05, 0) is 59.0 Å². The van der Waals surface area contributed by atoms with E-state index in [2.05, 4.69) is 33.2 Å². The predicted octanol–water partition coefficient (Wildman–Crippen LogP) is 3.09. The maximum absolute atomic E-state index is 12.6. The number of rotatable bonds is 5. The van der Waals surface area contributed by atoms with Crippen molar-refractivity contribution in [3.63, 3.8) is 0 Å². The van der Waals surface area contributed by atoms with Crippen LogP contribution in [0.2, 0.25) is 0 Å². The van der Waals surface area contributed by atoms with Crippen LogP contribution in [0.1, 0.15) is 10.4 Å². The van der Waals surface area contributed by atoms with Gasteiger partial charge in [0.15, 0.2) is 11.5 Å². The van der Waals surface area contributed by atoms with Crippen molar-refractivity contribution in [3.05, 3.63) is 45.5 Å². The standard InChI is InChI=1S/C18H18IN3O4/c1-25-15-9-13(14(19)10-16(15)26-2)17(23)21-11-3-5-12(6-4-11)22-8-7-20-18(22)24/h3-6,9-10H,7-8H2,1-2H3,(H,20,24)(H,21,23). The second-order valence-electron chi connectivity index (χ2n) is 5.57. The van der Waals surface area contributed by atoms with E-state index >= 15 is 0 Å². The molecular formula is C18H18IN3O4. The minimum atomic E-state index is -0.248. The van der Waals surface area contributed by atoms with Crippen LogP contribution in [0.15, 0.2) is 36.4 Å². The van der Waals surface area contributed by atoms with Crippen LogP contribution in [-0.4, -0.2) is 39.2 Å². The van der Waals surface area contributed by atoms with Crippen molar-refractivity contribution in [1.82, 2.24) is 5.32 Å². The molecular weight excluding hydrogens is 449 g/mol. The molecule has 26 heavy (non-hydrogen) atoms. The summed E-state index contributed by atoms with van der Waals surface area (Å²) in [6.07, 6.45) is 0. The van der Waals surface area contributed by atoms with Gasteiger partial charge in [0.1, 0.15) is 0 Å². The fourth-order valence-corrected chi connectivity index (χ4v) is 3.35. The Kier molecular flexibility index (Phi) is 5.50. The molecule has 0 radical (unpaired) electrons. The molecule has 3 rings (SSSR count). The molecule has 1 aliphatic heterocycles. The van der Waals surface area contributed by atoms with E-state index in [0.29, 0.717) is 35.8 Å². The van der Waals surface area contributed by atoms with Crippen molar-refractivity contribution in [2.24, 2.45) is 0 Å². The van der Waals surface area contributed by atoms with Crippen molar-refractivity contribution in [3.8, 4) is 11.5 Å². The first-order chi connectivity index (χ1) is 12.5. The molecule has 2 N–H and O–H groups in total. The van der Waals surface area contributed by atoms with E-state index in [-0.39, 0.29) is 11.9 Å². The zero-order chi connectivity index (χ0) is 18.7. The number of benzene rings is 2. The van der Waals surface area contributed by atoms with Gasteiger partial charge in [-0.3, -0.25) is 9.69 Å². The quantitative estimate of drug-likeness (QED) is 0.663. The van der Waals surface area contributed by atoms with Gasteiger partial charge in [-0.2, -0.15) is 0 Å². The van der Waals surface area contributed by atoms with E-state index < -0.39 is 0 Å². The number of methoxy groups -OCH3 is 2. The van der Waals surface area contributed by atoms with Gasteiger partial charge < -0.3 is 20.1 Å². The Hall–Kier alpha value is -2.49. The van der Waals surface area contributed by atoms with E-state index in [4.69, 9.17) is 9.47 Å². The molecule has 136 valence electrons. The molecule has 1 heterocycles. The molecule has 1 aliphatic rings. The first-order valence-corrected chi connectivity index (χ1v) is 8.99. The zero-order valence-corrected chi connectivity index (χ0v) is 16.5. The number of halogens is 1. The molecule has 7 nitrogen and oxygen atoms in total. The molecule has 0 spiro atoms. The Morgan fingerprint density at radius 2 is 1.81 bits per heavy atom. The molecule has 0 saturated carbocycles. The fraction of sp³-hybridized carbons (Fsp3) is 0.222. The highest BCUT2D eigenvalue weighted by molar-refractivity contribution is 14.1. The topological polar surface area (TPSA) is 79.9 Å². The van der Waals surface area contributed by atoms with Crippen LogP contribution in [0.5, 0.6) is 11.5 Å². The van der Waals surface area contributed by atoms with Crippen LogP contribution in [0.3, 0.4) is 0 Å². The third kappa shape index (κ3) is 3.69. The van der Waals surface area contributed by atoms with Gasteiger partial charge in [-0.15, -0.1) is 0 Å². The lowest BCUT2D eigenvalue weighted by Crippen LogP contribution is -2.27. The minimum Gasteiger partial charge on any atom is -0.493 e. The molecule has 0 unspecified atom stereocenters. The molecule has 1 fully saturated rings. The maximum Gasteiger partial charge on any atom is 0.321 e. The van der Waals surface area contributed by atoms with Gasteiger partial charge in [-0.25, -0.2) is 4.79 Å². The van der Waals surface area contributed by atoms with Crippen molar-refractivity contribution in [1.29, 1.82) is 0 Å². The van der Waals surface area contributed by atoms with E-state index in [1.165, 1.54) is 7.11 Å². The number of carbonyl (C=O) groups excluding carboxylic acids is 2. The first kappa shape index (κ1) is 18.3. The molecule has 0 aliphatic carbocycles. The highest BCUT2D eigenvalue weighted by Crippen LogP contribution is 2.31. The lowest BCUT2D eigenvalue weighted by Gasteiger charge is -2.15. The van der Waals surface area contributed by atoms with Crippen LogP contribution >= 0.6 is 22.6 Å². The summed E-state index contributed by atoms with van der Waals surface area (Å²) in [7, 11) is 3.08. The Labute approximate surface area is 164 Å². The van der Waals surface area contributed by atoms with Crippen LogP contribution < -0.4 is 25.0 Å². The van der Waals surface area contributed by atoms with Crippen LogP contribution in [0.4, 0.5) is 16.2 Å². The molecule has 0 bridgehead atoms. The summed E-state index contributed by atoms with van der Waals surface area (Å²) in [5, 5.41) is 5.61. The number of hydrogen-bond acceptors (Lipinski definition) is 4. The average molecular weight is 467 g/mol. The average Bonchev–Trinajstić information content (AvgIpc) is 3.07. The molecule has 8 heteroatoms. The third-order valence-corrected chi connectivity index (χ3v) is 4.90. The Balaban J connectivity index is 1.77. The molecule has 0 aromatic heterocycles. The second kappa shape index (κ2) is 7.81. The summed E-state index contributed by atoms with van der Waals surface area (Å²) in [5.41, 5.74) is 1.92. The number of nitrogens with one attached hydrogen (secondary N) is 2. The second-order valence-corrected chi connectivity index (χ2v) is 6.73. The van der Waals surface area contributed by atoms with E-state index in [9.17, 15) is 9.59 Å². The molecule has 0 atom stereocenters. The molecule has 3 amide bonds. The molecule has 2 aromatic rings. The Morgan fingerprint density at radius 3 is 2.38 bits per heavy atom. The van der Waals surface area contributed by atoms with Crippen LogP contribution in [0, 0.1) is 3.57 Å². The third-order valence-electron chi connectivity index (χ3n) is 4.01. The van der Waals surface area contributed by atoms with Crippen molar-refractivity contribution in [2.75, 3.05) is 37.5 Å². The molecule has 2 aromatic carbocycles. The molecule has 1 saturated heterocycles. The number of carbonyl (C=O) groups is 2. The number of anilines is 2. The monoisotopic (exact) mass is 467 g/mol. The van der Waals surface area contributed by atoms with Gasteiger partial charge in [0.05, 0.1) is 19.8 Å². The minimum absolute atomic E-state index is 0.110. The maximum atomic E-state index is 12.6. The highest BCUT2D eigenvalue weighted by Gasteiger charge is 2.21. The van der Waals surface area contributed by atoms with Crippen LogP contribution in [-0.2, 0) is 0 Å². The summed E-state index contributed by atoms with van der Waals surface area (Å²) in [6.45, 7) is 1.27. The SMILES string of the molecule is COc1cc(I)c(C(=O)Nc2ccc(N3CCNC3=O)cc2)cc1OC. The number of nitrogens with zero attached hydrogens (tertiary/aromatic N) is 1. The lowest BCUT2D eigenvalue weighted by atomic mass is 10.1. The lowest BCUT2D eigenvalue weighted by molar-refractivity contribution is 0.102. The zero-order valence-electron chi connectivity index (χ0n) is 14.3. The summed E-state index contributed by atoms with van der Waals surface area (Å²) >= 11 is 2.09. The fourth-order valence-electron chi connectivity index (χ4n) is 2.67. The predicted molar refractivity (Wildman–Crippen MR) is 107 cm³/mol. The normalized spacial score (nSPS) is 13.3. The number of hydrogen-bond donors (Lipinski definition) is 2. The smallest absolute Gasteiger partial charge is 0.321 e. The highest BCUT2D eigenvalue weighted by atomic mass is 127. The van der Waals surface area contributed by atoms with E-state index in [0.717, 1.165) is 9.26 Å².